The predicted octanol–water partition coefficient (Wildman–Crippen LogP) is 1.13. The molecule has 0 spiro atoms. The van der Waals surface area contributed by atoms with Crippen molar-refractivity contribution in [3.63, 3.8) is 0 Å². The Kier molecular flexibility index (Phi) is 8.80. The minimum atomic E-state index is -0.579. The third-order valence-corrected chi connectivity index (χ3v) is 4.26. The topological polar surface area (TPSA) is 99.7 Å². The summed E-state index contributed by atoms with van der Waals surface area (Å²) >= 11 is 0. The molecule has 1 aliphatic heterocycles. The first-order chi connectivity index (χ1) is 13.1. The summed E-state index contributed by atoms with van der Waals surface area (Å²) < 4.78 is 5.75. The van der Waals surface area contributed by atoms with Crippen LogP contribution in [0, 0.1) is 0 Å². The molecular weight excluding hydrogens is 346 g/mol. The van der Waals surface area contributed by atoms with E-state index in [0.29, 0.717) is 13.1 Å². The van der Waals surface area contributed by atoms with Gasteiger partial charge < -0.3 is 25.8 Å². The molecule has 0 saturated heterocycles. The first kappa shape index (κ1) is 20.9. The van der Waals surface area contributed by atoms with Gasteiger partial charge in [0, 0.05) is 13.1 Å². The highest BCUT2D eigenvalue weighted by molar-refractivity contribution is 5.77. The summed E-state index contributed by atoms with van der Waals surface area (Å²) in [6.07, 6.45) is 4.32. The summed E-state index contributed by atoms with van der Waals surface area (Å²) in [7, 11) is 0. The van der Waals surface area contributed by atoms with E-state index >= 15 is 0 Å². The minimum absolute atomic E-state index is 0.107. The second-order valence-corrected chi connectivity index (χ2v) is 6.50. The fourth-order valence-electron chi connectivity index (χ4n) is 2.82. The summed E-state index contributed by atoms with van der Waals surface area (Å²) in [5.74, 6) is -0.107. The van der Waals surface area contributed by atoms with Crippen molar-refractivity contribution in [2.45, 2.75) is 44.4 Å². The van der Waals surface area contributed by atoms with Crippen LogP contribution in [0.3, 0.4) is 0 Å². The maximum absolute atomic E-state index is 12.1. The van der Waals surface area contributed by atoms with E-state index in [1.54, 1.807) is 12.2 Å². The van der Waals surface area contributed by atoms with Gasteiger partial charge in [-0.1, -0.05) is 49.4 Å². The largest absolute Gasteiger partial charge is 0.394 e. The molecule has 2 rings (SSSR count). The van der Waals surface area contributed by atoms with Crippen molar-refractivity contribution < 1.29 is 19.4 Å². The molecule has 27 heavy (non-hydrogen) atoms. The van der Waals surface area contributed by atoms with Crippen LogP contribution in [-0.4, -0.2) is 55.0 Å². The normalized spacial score (nSPS) is 21.5. The van der Waals surface area contributed by atoms with Gasteiger partial charge in [-0.15, -0.1) is 0 Å². The molecule has 4 N–H and O–H groups in total. The number of ether oxygens (including phenoxy) is 1. The van der Waals surface area contributed by atoms with Gasteiger partial charge in [0.15, 0.2) is 0 Å². The maximum Gasteiger partial charge on any atom is 0.315 e. The van der Waals surface area contributed by atoms with Gasteiger partial charge in [-0.25, -0.2) is 4.79 Å². The van der Waals surface area contributed by atoms with Crippen LogP contribution >= 0.6 is 0 Å². The number of carbonyl (C=O) groups excluding carboxylic acids is 2. The lowest BCUT2D eigenvalue weighted by atomic mass is 10.0. The zero-order valence-electron chi connectivity index (χ0n) is 15.7. The third-order valence-electron chi connectivity index (χ3n) is 4.26. The van der Waals surface area contributed by atoms with E-state index in [4.69, 9.17) is 4.74 Å². The van der Waals surface area contributed by atoms with Crippen LogP contribution in [0.4, 0.5) is 4.79 Å². The zero-order valence-corrected chi connectivity index (χ0v) is 15.7. The quantitative estimate of drug-likeness (QED) is 0.486. The molecule has 7 nitrogen and oxygen atoms in total. The highest BCUT2D eigenvalue weighted by Gasteiger charge is 2.28. The van der Waals surface area contributed by atoms with Crippen LogP contribution in [-0.2, 0) is 16.0 Å². The van der Waals surface area contributed by atoms with E-state index in [2.05, 4.69) is 16.0 Å². The summed E-state index contributed by atoms with van der Waals surface area (Å²) in [6, 6.07) is 9.22. The van der Waals surface area contributed by atoms with E-state index in [1.165, 1.54) is 5.56 Å². The van der Waals surface area contributed by atoms with Crippen LogP contribution in [0.5, 0.6) is 0 Å². The number of hydrogen-bond acceptors (Lipinski definition) is 4. The lowest BCUT2D eigenvalue weighted by Gasteiger charge is -2.31. The number of aliphatic hydroxyl groups is 1. The fraction of sp³-hybridized carbons (Fsp3) is 0.500. The average Bonchev–Trinajstić information content (AvgIpc) is 2.68. The van der Waals surface area contributed by atoms with Gasteiger partial charge in [-0.3, -0.25) is 4.79 Å². The van der Waals surface area contributed by atoms with Crippen molar-refractivity contribution in [2.75, 3.05) is 19.7 Å². The van der Waals surface area contributed by atoms with Crippen molar-refractivity contribution in [1.29, 1.82) is 0 Å². The second-order valence-electron chi connectivity index (χ2n) is 6.50. The third kappa shape index (κ3) is 7.40. The van der Waals surface area contributed by atoms with Gasteiger partial charge in [-0.2, -0.15) is 0 Å². The Balaban J connectivity index is 1.75. The highest BCUT2D eigenvalue weighted by Crippen LogP contribution is 2.15. The highest BCUT2D eigenvalue weighted by atomic mass is 16.5. The minimum Gasteiger partial charge on any atom is -0.394 e. The number of carbonyl (C=O) groups is 2. The predicted molar refractivity (Wildman–Crippen MR) is 103 cm³/mol. The Morgan fingerprint density at radius 3 is 2.59 bits per heavy atom. The molecule has 0 fully saturated rings. The first-order valence-corrected chi connectivity index (χ1v) is 9.42. The molecule has 0 radical (unpaired) electrons. The van der Waals surface area contributed by atoms with Crippen LogP contribution < -0.4 is 16.0 Å². The lowest BCUT2D eigenvalue weighted by molar-refractivity contribution is -0.125. The van der Waals surface area contributed by atoms with Crippen LogP contribution in [0.2, 0.25) is 0 Å². The SMILES string of the molecule is CCCNC(=O)N[C@H]1C=C[C@@H](CC(=O)NCCc2ccccc2)O[C@@H]1CO. The number of benzene rings is 1. The molecule has 0 aromatic heterocycles. The summed E-state index contributed by atoms with van der Waals surface area (Å²) in [4.78, 5) is 23.9. The van der Waals surface area contributed by atoms with E-state index < -0.39 is 18.2 Å². The van der Waals surface area contributed by atoms with Gasteiger partial charge in [0.1, 0.15) is 6.10 Å². The Hall–Kier alpha value is -2.38. The standard InChI is InChI=1S/C20H29N3O4/c1-2-11-22-20(26)23-17-9-8-16(27-18(17)14-24)13-19(25)21-12-10-15-6-4-3-5-7-15/h3-9,16-18,24H,2,10-14H2,1H3,(H,21,25)(H2,22,23,26)/t16-,17-,18+/m0/s1. The monoisotopic (exact) mass is 375 g/mol. The molecule has 1 heterocycles. The molecule has 0 aliphatic carbocycles. The molecule has 3 amide bonds. The molecule has 3 atom stereocenters. The number of urea groups is 1. The molecule has 1 aromatic rings. The maximum atomic E-state index is 12.1. The average molecular weight is 375 g/mol. The van der Waals surface area contributed by atoms with Crippen molar-refractivity contribution in [2.24, 2.45) is 0 Å². The molecule has 0 bridgehead atoms. The molecular formula is C20H29N3O4. The molecule has 0 saturated carbocycles. The Morgan fingerprint density at radius 2 is 1.89 bits per heavy atom. The van der Waals surface area contributed by atoms with Crippen molar-refractivity contribution in [3.8, 4) is 0 Å². The van der Waals surface area contributed by atoms with E-state index in [9.17, 15) is 14.7 Å². The molecule has 1 aliphatic rings. The fourth-order valence-corrected chi connectivity index (χ4v) is 2.82. The molecule has 1 aromatic carbocycles. The number of aliphatic hydroxyl groups excluding tert-OH is 1. The van der Waals surface area contributed by atoms with Gasteiger partial charge in [0.2, 0.25) is 5.91 Å². The van der Waals surface area contributed by atoms with E-state index in [-0.39, 0.29) is 25.0 Å². The van der Waals surface area contributed by atoms with E-state index in [1.807, 2.05) is 37.3 Å². The zero-order chi connectivity index (χ0) is 19.5. The number of nitrogens with one attached hydrogen (secondary N) is 3. The van der Waals surface area contributed by atoms with Crippen molar-refractivity contribution >= 4 is 11.9 Å². The van der Waals surface area contributed by atoms with Crippen molar-refractivity contribution in [3.05, 3.63) is 48.0 Å². The molecule has 0 unspecified atom stereocenters. The van der Waals surface area contributed by atoms with E-state index in [0.717, 1.165) is 12.8 Å². The molecule has 7 heteroatoms. The molecule has 148 valence electrons. The number of rotatable bonds is 9. The summed E-state index contributed by atoms with van der Waals surface area (Å²) in [6.45, 7) is 2.87. The second kappa shape index (κ2) is 11.4. The Morgan fingerprint density at radius 1 is 1.11 bits per heavy atom. The van der Waals surface area contributed by atoms with Gasteiger partial charge in [0.25, 0.3) is 0 Å². The number of hydrogen-bond donors (Lipinski definition) is 4. The van der Waals surface area contributed by atoms with Crippen molar-refractivity contribution in [1.82, 2.24) is 16.0 Å². The van der Waals surface area contributed by atoms with Crippen LogP contribution in [0.25, 0.3) is 0 Å². The number of amides is 3. The Labute approximate surface area is 160 Å². The summed E-state index contributed by atoms with van der Waals surface area (Å²) in [5, 5.41) is 17.9. The van der Waals surface area contributed by atoms with Gasteiger partial charge in [0.05, 0.1) is 25.2 Å². The Bertz CT molecular complexity index is 621. The van der Waals surface area contributed by atoms with Gasteiger partial charge in [-0.05, 0) is 18.4 Å². The van der Waals surface area contributed by atoms with Gasteiger partial charge >= 0.3 is 6.03 Å². The van der Waals surface area contributed by atoms with Crippen LogP contribution in [0.1, 0.15) is 25.3 Å². The summed E-state index contributed by atoms with van der Waals surface area (Å²) in [5.41, 5.74) is 1.17. The van der Waals surface area contributed by atoms with Crippen LogP contribution in [0.15, 0.2) is 42.5 Å². The first-order valence-electron chi connectivity index (χ1n) is 9.42. The smallest absolute Gasteiger partial charge is 0.315 e. The lowest BCUT2D eigenvalue weighted by Crippen LogP contribution is -2.51.